The van der Waals surface area contributed by atoms with Crippen LogP contribution in [0.3, 0.4) is 0 Å². The first-order chi connectivity index (χ1) is 10.3. The Kier molecular flexibility index (Phi) is 3.92. The summed E-state index contributed by atoms with van der Waals surface area (Å²) in [6.45, 7) is 3.01. The first-order valence-corrected chi connectivity index (χ1v) is 7.19. The smallest absolute Gasteiger partial charge is 0.0934 e. The lowest BCUT2D eigenvalue weighted by Gasteiger charge is -2.18. The summed E-state index contributed by atoms with van der Waals surface area (Å²) in [5, 5.41) is 8.01. The van der Waals surface area contributed by atoms with Crippen LogP contribution in [0.1, 0.15) is 24.2 Å². The average molecular weight is 281 g/mol. The van der Waals surface area contributed by atoms with Crippen molar-refractivity contribution in [3.8, 4) is 0 Å². The molecule has 0 saturated carbocycles. The first-order valence-electron chi connectivity index (χ1n) is 7.19. The molecule has 3 aromatic rings. The normalized spacial score (nSPS) is 12.7. The molecule has 0 saturated heterocycles. The Labute approximate surface area is 124 Å². The molecule has 0 amide bonds. The van der Waals surface area contributed by atoms with Crippen LogP contribution in [0.25, 0.3) is 11.0 Å². The van der Waals surface area contributed by atoms with Gasteiger partial charge in [0.05, 0.1) is 16.7 Å². The van der Waals surface area contributed by atoms with E-state index >= 15 is 0 Å². The molecule has 1 unspecified atom stereocenters. The van der Waals surface area contributed by atoms with Gasteiger partial charge in [0, 0.05) is 38.1 Å². The molecule has 108 valence electrons. The largest absolute Gasteiger partial charge is 0.310 e. The number of rotatable bonds is 5. The number of nitrogens with one attached hydrogen (secondary N) is 1. The monoisotopic (exact) mass is 281 g/mol. The third-order valence-electron chi connectivity index (χ3n) is 3.54. The number of aryl methyl sites for hydroxylation is 1. The highest BCUT2D eigenvalue weighted by molar-refractivity contribution is 5.78. The summed E-state index contributed by atoms with van der Waals surface area (Å²) in [6.07, 6.45) is 6.29. The van der Waals surface area contributed by atoms with E-state index in [1.54, 1.807) is 12.4 Å². The Morgan fingerprint density at radius 1 is 1.19 bits per heavy atom. The molecule has 0 aliphatic carbocycles. The van der Waals surface area contributed by atoms with Gasteiger partial charge in [0.1, 0.15) is 0 Å². The van der Waals surface area contributed by atoms with Crippen molar-refractivity contribution in [2.75, 3.05) is 6.54 Å². The Morgan fingerprint density at radius 3 is 2.81 bits per heavy atom. The molecule has 5 heteroatoms. The van der Waals surface area contributed by atoms with Crippen LogP contribution in [0.2, 0.25) is 0 Å². The molecular formula is C16H19N5. The highest BCUT2D eigenvalue weighted by atomic mass is 15.2. The van der Waals surface area contributed by atoms with Crippen molar-refractivity contribution < 1.29 is 0 Å². The van der Waals surface area contributed by atoms with Crippen LogP contribution in [-0.4, -0.2) is 26.3 Å². The number of para-hydroxylation sites is 1. The van der Waals surface area contributed by atoms with E-state index in [0.29, 0.717) is 0 Å². The molecule has 0 aliphatic heterocycles. The number of likely N-dealkylation sites (N-methyl/N-ethyl adjacent to an activating group) is 1. The van der Waals surface area contributed by atoms with Crippen molar-refractivity contribution in [1.29, 1.82) is 0 Å². The molecule has 5 nitrogen and oxygen atoms in total. The van der Waals surface area contributed by atoms with Crippen LogP contribution in [0.15, 0.2) is 42.9 Å². The highest BCUT2D eigenvalue weighted by Crippen LogP contribution is 2.23. The molecule has 0 radical (unpaired) electrons. The fourth-order valence-electron chi connectivity index (χ4n) is 2.62. The Hall–Kier alpha value is -2.27. The van der Waals surface area contributed by atoms with E-state index in [9.17, 15) is 0 Å². The van der Waals surface area contributed by atoms with E-state index in [0.717, 1.165) is 29.7 Å². The quantitative estimate of drug-likeness (QED) is 0.779. The molecule has 21 heavy (non-hydrogen) atoms. The van der Waals surface area contributed by atoms with Gasteiger partial charge < -0.3 is 5.32 Å². The maximum atomic E-state index is 4.50. The lowest BCUT2D eigenvalue weighted by atomic mass is 10.00. The summed E-state index contributed by atoms with van der Waals surface area (Å²) in [5.41, 5.74) is 4.14. The lowest BCUT2D eigenvalue weighted by molar-refractivity contribution is 0.542. The first kappa shape index (κ1) is 13.7. The van der Waals surface area contributed by atoms with E-state index in [1.165, 1.54) is 5.56 Å². The van der Waals surface area contributed by atoms with Gasteiger partial charge in [-0.2, -0.15) is 5.10 Å². The van der Waals surface area contributed by atoms with Gasteiger partial charge in [-0.05, 0) is 24.2 Å². The Bertz CT molecular complexity index is 729. The standard InChI is InChI=1S/C16H19N5/c1-3-17-15(11-12-7-10-21(2)20-12)13-5-4-6-14-16(13)19-9-8-18-14/h4-10,15,17H,3,11H2,1-2H3. The van der Waals surface area contributed by atoms with Gasteiger partial charge in [-0.15, -0.1) is 0 Å². The summed E-state index contributed by atoms with van der Waals surface area (Å²) in [7, 11) is 1.94. The molecule has 1 aromatic carbocycles. The van der Waals surface area contributed by atoms with Crippen molar-refractivity contribution in [3.63, 3.8) is 0 Å². The molecule has 2 aromatic heterocycles. The van der Waals surface area contributed by atoms with Crippen molar-refractivity contribution in [2.45, 2.75) is 19.4 Å². The number of nitrogens with zero attached hydrogens (tertiary/aromatic N) is 4. The fourth-order valence-corrected chi connectivity index (χ4v) is 2.62. The van der Waals surface area contributed by atoms with Crippen molar-refractivity contribution in [3.05, 3.63) is 54.1 Å². The van der Waals surface area contributed by atoms with E-state index in [-0.39, 0.29) is 6.04 Å². The zero-order chi connectivity index (χ0) is 14.7. The number of hydrogen-bond donors (Lipinski definition) is 1. The Morgan fingerprint density at radius 2 is 2.05 bits per heavy atom. The Balaban J connectivity index is 1.98. The number of benzene rings is 1. The van der Waals surface area contributed by atoms with Crippen molar-refractivity contribution >= 4 is 11.0 Å². The highest BCUT2D eigenvalue weighted by Gasteiger charge is 2.16. The molecule has 2 heterocycles. The SMILES string of the molecule is CCNC(Cc1ccn(C)n1)c1cccc2nccnc12. The minimum Gasteiger partial charge on any atom is -0.310 e. The second-order valence-corrected chi connectivity index (χ2v) is 5.07. The van der Waals surface area contributed by atoms with Gasteiger partial charge in [0.15, 0.2) is 0 Å². The van der Waals surface area contributed by atoms with Crippen molar-refractivity contribution in [1.82, 2.24) is 25.1 Å². The molecular weight excluding hydrogens is 262 g/mol. The topological polar surface area (TPSA) is 55.6 Å². The minimum atomic E-state index is 0.185. The van der Waals surface area contributed by atoms with Crippen LogP contribution < -0.4 is 5.32 Å². The number of hydrogen-bond acceptors (Lipinski definition) is 4. The predicted molar refractivity (Wildman–Crippen MR) is 82.9 cm³/mol. The zero-order valence-electron chi connectivity index (χ0n) is 12.3. The average Bonchev–Trinajstić information content (AvgIpc) is 2.91. The number of fused-ring (bicyclic) bond motifs is 1. The van der Waals surface area contributed by atoms with Gasteiger partial charge in [-0.1, -0.05) is 19.1 Å². The van der Waals surface area contributed by atoms with Crippen LogP contribution in [0.5, 0.6) is 0 Å². The van der Waals surface area contributed by atoms with Gasteiger partial charge in [0.25, 0.3) is 0 Å². The molecule has 0 aliphatic rings. The lowest BCUT2D eigenvalue weighted by Crippen LogP contribution is -2.23. The van der Waals surface area contributed by atoms with E-state index < -0.39 is 0 Å². The van der Waals surface area contributed by atoms with Crippen LogP contribution >= 0.6 is 0 Å². The molecule has 0 fully saturated rings. The van der Waals surface area contributed by atoms with Crippen LogP contribution in [0, 0.1) is 0 Å². The fraction of sp³-hybridized carbons (Fsp3) is 0.312. The maximum Gasteiger partial charge on any atom is 0.0934 e. The molecule has 3 rings (SSSR count). The van der Waals surface area contributed by atoms with Crippen molar-refractivity contribution in [2.24, 2.45) is 7.05 Å². The van der Waals surface area contributed by atoms with Gasteiger partial charge in [-0.25, -0.2) is 0 Å². The minimum absolute atomic E-state index is 0.185. The third-order valence-corrected chi connectivity index (χ3v) is 3.54. The summed E-state index contributed by atoms with van der Waals surface area (Å²) in [4.78, 5) is 8.89. The predicted octanol–water partition coefficient (Wildman–Crippen LogP) is 2.26. The van der Waals surface area contributed by atoms with E-state index in [4.69, 9.17) is 0 Å². The third kappa shape index (κ3) is 2.92. The molecule has 1 atom stereocenters. The second-order valence-electron chi connectivity index (χ2n) is 5.07. The van der Waals surface area contributed by atoms with Gasteiger partial charge in [0.2, 0.25) is 0 Å². The summed E-state index contributed by atoms with van der Waals surface area (Å²) in [6, 6.07) is 8.39. The van der Waals surface area contributed by atoms with E-state index in [1.807, 2.05) is 30.1 Å². The second kappa shape index (κ2) is 6.01. The van der Waals surface area contributed by atoms with Crippen LogP contribution in [-0.2, 0) is 13.5 Å². The molecule has 0 spiro atoms. The number of aromatic nitrogens is 4. The summed E-state index contributed by atoms with van der Waals surface area (Å²) in [5.74, 6) is 0. The van der Waals surface area contributed by atoms with Gasteiger partial charge >= 0.3 is 0 Å². The summed E-state index contributed by atoms with van der Waals surface area (Å²) < 4.78 is 1.83. The maximum absolute atomic E-state index is 4.50. The van der Waals surface area contributed by atoms with E-state index in [2.05, 4.69) is 39.4 Å². The summed E-state index contributed by atoms with van der Waals surface area (Å²) >= 11 is 0. The van der Waals surface area contributed by atoms with Gasteiger partial charge in [-0.3, -0.25) is 14.6 Å². The van der Waals surface area contributed by atoms with Crippen LogP contribution in [0.4, 0.5) is 0 Å². The zero-order valence-corrected chi connectivity index (χ0v) is 12.3. The molecule has 1 N–H and O–H groups in total. The molecule has 0 bridgehead atoms.